The molecule has 1 saturated heterocycles. The molecule has 1 fully saturated rings. The van der Waals surface area contributed by atoms with E-state index in [9.17, 15) is 0 Å². The number of fused-ring (bicyclic) bond motifs is 1. The van der Waals surface area contributed by atoms with Crippen molar-refractivity contribution in [2.75, 3.05) is 26.7 Å². The fraction of sp³-hybridized carbons (Fsp3) is 0.429. The van der Waals surface area contributed by atoms with Gasteiger partial charge in [-0.05, 0) is 50.5 Å². The van der Waals surface area contributed by atoms with Crippen molar-refractivity contribution >= 4 is 5.65 Å². The normalized spacial score (nSPS) is 16.5. The Balaban J connectivity index is 1.26. The van der Waals surface area contributed by atoms with Crippen LogP contribution in [0.4, 0.5) is 0 Å². The van der Waals surface area contributed by atoms with E-state index in [2.05, 4.69) is 57.3 Å². The second-order valence-corrected chi connectivity index (χ2v) is 7.46. The molecule has 0 aliphatic carbocycles. The number of hydrogen-bond acceptors (Lipinski definition) is 4. The Bertz CT molecular complexity index is 821. The number of piperidine rings is 1. The van der Waals surface area contributed by atoms with E-state index in [-0.39, 0.29) is 0 Å². The van der Waals surface area contributed by atoms with E-state index in [1.807, 2.05) is 29.2 Å². The molecule has 26 heavy (non-hydrogen) atoms. The van der Waals surface area contributed by atoms with Gasteiger partial charge in [0.25, 0.3) is 0 Å². The highest BCUT2D eigenvalue weighted by Crippen LogP contribution is 2.21. The molecule has 1 aromatic carbocycles. The van der Waals surface area contributed by atoms with Crippen LogP contribution in [0.25, 0.3) is 5.65 Å². The molecule has 0 atom stereocenters. The summed E-state index contributed by atoms with van der Waals surface area (Å²) in [6.45, 7) is 5.53. The highest BCUT2D eigenvalue weighted by atomic mass is 15.2. The van der Waals surface area contributed by atoms with Crippen LogP contribution in [0.2, 0.25) is 0 Å². The summed E-state index contributed by atoms with van der Waals surface area (Å²) >= 11 is 0. The van der Waals surface area contributed by atoms with Crippen LogP contribution in [0, 0.1) is 5.92 Å². The molecule has 5 heteroatoms. The van der Waals surface area contributed by atoms with Crippen molar-refractivity contribution in [1.82, 2.24) is 24.4 Å². The molecule has 1 aliphatic rings. The molecule has 4 rings (SSSR count). The molecule has 0 radical (unpaired) electrons. The zero-order chi connectivity index (χ0) is 17.8. The molecule has 0 spiro atoms. The van der Waals surface area contributed by atoms with Gasteiger partial charge in [-0.2, -0.15) is 5.10 Å². The van der Waals surface area contributed by atoms with Gasteiger partial charge in [-0.3, -0.25) is 4.90 Å². The second kappa shape index (κ2) is 7.98. The van der Waals surface area contributed by atoms with Crippen molar-refractivity contribution in [3.05, 3.63) is 66.1 Å². The Kier molecular flexibility index (Phi) is 5.27. The summed E-state index contributed by atoms with van der Waals surface area (Å²) in [5.41, 5.74) is 3.59. The van der Waals surface area contributed by atoms with Crippen LogP contribution in [-0.2, 0) is 13.1 Å². The van der Waals surface area contributed by atoms with E-state index in [1.165, 1.54) is 37.1 Å². The van der Waals surface area contributed by atoms with Gasteiger partial charge in [-0.25, -0.2) is 9.50 Å². The molecule has 0 N–H and O–H groups in total. The predicted octanol–water partition coefficient (Wildman–Crippen LogP) is 3.07. The van der Waals surface area contributed by atoms with Crippen LogP contribution >= 0.6 is 0 Å². The largest absolute Gasteiger partial charge is 0.302 e. The minimum Gasteiger partial charge on any atom is -0.302 e. The van der Waals surface area contributed by atoms with Crippen molar-refractivity contribution in [2.45, 2.75) is 25.9 Å². The van der Waals surface area contributed by atoms with Crippen molar-refractivity contribution < 1.29 is 0 Å². The number of likely N-dealkylation sites (tertiary alicyclic amines) is 1. The monoisotopic (exact) mass is 349 g/mol. The van der Waals surface area contributed by atoms with Crippen molar-refractivity contribution in [3.8, 4) is 0 Å². The molecule has 0 amide bonds. The van der Waals surface area contributed by atoms with Crippen LogP contribution in [-0.4, -0.2) is 51.1 Å². The maximum Gasteiger partial charge on any atom is 0.159 e. The number of rotatable bonds is 6. The summed E-state index contributed by atoms with van der Waals surface area (Å²) in [5, 5.41) is 4.39. The average molecular weight is 349 g/mol. The zero-order valence-electron chi connectivity index (χ0n) is 15.5. The molecule has 3 aromatic rings. The van der Waals surface area contributed by atoms with Crippen LogP contribution < -0.4 is 0 Å². The summed E-state index contributed by atoms with van der Waals surface area (Å²) in [6.07, 6.45) is 8.30. The van der Waals surface area contributed by atoms with Crippen LogP contribution in [0.5, 0.6) is 0 Å². The van der Waals surface area contributed by atoms with Gasteiger partial charge in [0.15, 0.2) is 5.65 Å². The van der Waals surface area contributed by atoms with Gasteiger partial charge in [-0.15, -0.1) is 0 Å². The van der Waals surface area contributed by atoms with Gasteiger partial charge < -0.3 is 4.90 Å². The fourth-order valence-electron chi connectivity index (χ4n) is 3.95. The Labute approximate surface area is 155 Å². The van der Waals surface area contributed by atoms with Crippen LogP contribution in [0.3, 0.4) is 0 Å². The van der Waals surface area contributed by atoms with Crippen molar-refractivity contribution in [3.63, 3.8) is 0 Å². The first-order chi connectivity index (χ1) is 12.8. The molecule has 5 nitrogen and oxygen atoms in total. The highest BCUT2D eigenvalue weighted by Gasteiger charge is 2.21. The molecule has 136 valence electrons. The molecule has 0 saturated carbocycles. The number of benzene rings is 1. The summed E-state index contributed by atoms with van der Waals surface area (Å²) in [6, 6.07) is 12.7. The standard InChI is InChI=1S/C21H27N5/c1-24(17-20-14-23-26-11-5-10-22-21(20)26)15-19-8-12-25(13-9-19)16-18-6-3-2-4-7-18/h2-7,10-11,14,19H,8-9,12-13,15-17H2,1H3. The summed E-state index contributed by atoms with van der Waals surface area (Å²) in [4.78, 5) is 9.46. The number of hydrogen-bond donors (Lipinski definition) is 0. The van der Waals surface area contributed by atoms with Crippen molar-refractivity contribution in [1.29, 1.82) is 0 Å². The lowest BCUT2D eigenvalue weighted by molar-refractivity contribution is 0.147. The van der Waals surface area contributed by atoms with Gasteiger partial charge in [0, 0.05) is 37.6 Å². The highest BCUT2D eigenvalue weighted by molar-refractivity contribution is 5.45. The Morgan fingerprint density at radius 2 is 1.92 bits per heavy atom. The maximum atomic E-state index is 4.46. The summed E-state index contributed by atoms with van der Waals surface area (Å²) in [5.74, 6) is 0.779. The molecule has 1 aliphatic heterocycles. The molecular formula is C21H27N5. The van der Waals surface area contributed by atoms with E-state index in [1.54, 1.807) is 0 Å². The second-order valence-electron chi connectivity index (χ2n) is 7.46. The average Bonchev–Trinajstić information content (AvgIpc) is 3.07. The van der Waals surface area contributed by atoms with E-state index in [0.717, 1.165) is 31.2 Å². The third-order valence-electron chi connectivity index (χ3n) is 5.32. The Hall–Kier alpha value is -2.24. The maximum absolute atomic E-state index is 4.46. The minimum absolute atomic E-state index is 0.779. The lowest BCUT2D eigenvalue weighted by Gasteiger charge is -2.33. The quantitative estimate of drug-likeness (QED) is 0.685. The lowest BCUT2D eigenvalue weighted by Crippen LogP contribution is -2.37. The van der Waals surface area contributed by atoms with Gasteiger partial charge in [0.05, 0.1) is 6.20 Å². The third kappa shape index (κ3) is 4.11. The van der Waals surface area contributed by atoms with Gasteiger partial charge >= 0.3 is 0 Å². The van der Waals surface area contributed by atoms with Crippen molar-refractivity contribution in [2.24, 2.45) is 5.92 Å². The Morgan fingerprint density at radius 1 is 1.12 bits per heavy atom. The number of nitrogens with zero attached hydrogens (tertiary/aromatic N) is 5. The topological polar surface area (TPSA) is 36.7 Å². The van der Waals surface area contributed by atoms with Gasteiger partial charge in [0.1, 0.15) is 0 Å². The Morgan fingerprint density at radius 3 is 2.73 bits per heavy atom. The lowest BCUT2D eigenvalue weighted by atomic mass is 9.96. The van der Waals surface area contributed by atoms with E-state index >= 15 is 0 Å². The first-order valence-corrected chi connectivity index (χ1v) is 9.50. The number of aromatic nitrogens is 3. The zero-order valence-corrected chi connectivity index (χ0v) is 15.5. The fourth-order valence-corrected chi connectivity index (χ4v) is 3.95. The van der Waals surface area contributed by atoms with E-state index in [4.69, 9.17) is 0 Å². The molecule has 0 unspecified atom stereocenters. The molecule has 2 aromatic heterocycles. The van der Waals surface area contributed by atoms with Gasteiger partial charge in [0.2, 0.25) is 0 Å². The summed E-state index contributed by atoms with van der Waals surface area (Å²) in [7, 11) is 2.21. The summed E-state index contributed by atoms with van der Waals surface area (Å²) < 4.78 is 1.85. The molecule has 3 heterocycles. The smallest absolute Gasteiger partial charge is 0.159 e. The minimum atomic E-state index is 0.779. The first-order valence-electron chi connectivity index (χ1n) is 9.50. The van der Waals surface area contributed by atoms with Crippen LogP contribution in [0.1, 0.15) is 24.0 Å². The predicted molar refractivity (Wildman–Crippen MR) is 104 cm³/mol. The van der Waals surface area contributed by atoms with Gasteiger partial charge in [-0.1, -0.05) is 30.3 Å². The molecule has 0 bridgehead atoms. The first kappa shape index (κ1) is 17.2. The van der Waals surface area contributed by atoms with E-state index < -0.39 is 0 Å². The molecular weight excluding hydrogens is 322 g/mol. The van der Waals surface area contributed by atoms with E-state index in [0.29, 0.717) is 0 Å². The SMILES string of the molecule is CN(Cc1cnn2cccnc12)CC1CCN(Cc2ccccc2)CC1. The van der Waals surface area contributed by atoms with Crippen LogP contribution in [0.15, 0.2) is 55.0 Å². The third-order valence-corrected chi connectivity index (χ3v) is 5.32.